The second kappa shape index (κ2) is 6.66. The molecule has 1 aromatic rings. The van der Waals surface area contributed by atoms with Gasteiger partial charge in [-0.05, 0) is 31.2 Å². The van der Waals surface area contributed by atoms with Gasteiger partial charge in [-0.1, -0.05) is 0 Å². The number of nitrogens with zero attached hydrogens (tertiary/aromatic N) is 4. The van der Waals surface area contributed by atoms with E-state index in [2.05, 4.69) is 4.98 Å². The van der Waals surface area contributed by atoms with Crippen LogP contribution in [0.1, 0.15) is 25.6 Å². The van der Waals surface area contributed by atoms with Crippen LogP contribution < -0.4 is 0 Å². The number of hydrogen-bond acceptors (Lipinski definition) is 6. The molecule has 1 fully saturated rings. The highest BCUT2D eigenvalue weighted by Crippen LogP contribution is 2.20. The molecule has 116 valence electrons. The van der Waals surface area contributed by atoms with Crippen LogP contribution in [0.25, 0.3) is 0 Å². The number of rotatable bonds is 6. The van der Waals surface area contributed by atoms with E-state index in [0.29, 0.717) is 25.5 Å². The third-order valence-corrected chi connectivity index (χ3v) is 3.75. The van der Waals surface area contributed by atoms with Gasteiger partial charge in [0.25, 0.3) is 0 Å². The van der Waals surface area contributed by atoms with E-state index < -0.39 is 4.92 Å². The maximum Gasteiger partial charge on any atom is 0.342 e. The summed E-state index contributed by atoms with van der Waals surface area (Å²) in [6.45, 7) is 5.72. The fourth-order valence-electron chi connectivity index (χ4n) is 2.71. The molecule has 0 N–H and O–H groups in total. The van der Waals surface area contributed by atoms with Crippen molar-refractivity contribution in [2.24, 2.45) is 0 Å². The molecule has 0 saturated carbocycles. The highest BCUT2D eigenvalue weighted by atomic mass is 16.6. The summed E-state index contributed by atoms with van der Waals surface area (Å²) in [6.07, 6.45) is 2.99. The molecule has 0 spiro atoms. The van der Waals surface area contributed by atoms with Gasteiger partial charge >= 0.3 is 11.8 Å². The number of aromatic nitrogens is 2. The van der Waals surface area contributed by atoms with E-state index in [0.717, 1.165) is 19.4 Å². The molecule has 8 nitrogen and oxygen atoms in total. The van der Waals surface area contributed by atoms with Crippen molar-refractivity contribution in [3.63, 3.8) is 0 Å². The minimum absolute atomic E-state index is 0.0145. The van der Waals surface area contributed by atoms with Crippen LogP contribution in [0.4, 0.5) is 5.82 Å². The van der Waals surface area contributed by atoms with Gasteiger partial charge in [-0.3, -0.25) is 9.69 Å². The standard InChI is InChI=1S/C13H20N4O4/c1-3-21-13(18)11-5-4-6-15(11)7-8-16-10(2)14-9-12(16)17(19)20/h9,11H,3-8H2,1-2H3. The Morgan fingerprint density at radius 3 is 3.00 bits per heavy atom. The predicted octanol–water partition coefficient (Wildman–Crippen LogP) is 1.13. The number of aryl methyl sites for hydroxylation is 1. The number of likely N-dealkylation sites (tertiary alicyclic amines) is 1. The molecule has 0 aromatic carbocycles. The monoisotopic (exact) mass is 296 g/mol. The maximum atomic E-state index is 11.9. The lowest BCUT2D eigenvalue weighted by Gasteiger charge is -2.22. The van der Waals surface area contributed by atoms with Crippen molar-refractivity contribution in [1.29, 1.82) is 0 Å². The minimum Gasteiger partial charge on any atom is -0.465 e. The smallest absolute Gasteiger partial charge is 0.342 e. The largest absolute Gasteiger partial charge is 0.465 e. The third-order valence-electron chi connectivity index (χ3n) is 3.75. The van der Waals surface area contributed by atoms with Crippen LogP contribution in [-0.4, -0.2) is 51.1 Å². The van der Waals surface area contributed by atoms with E-state index in [1.54, 1.807) is 18.4 Å². The Morgan fingerprint density at radius 1 is 1.57 bits per heavy atom. The first-order valence-electron chi connectivity index (χ1n) is 7.11. The van der Waals surface area contributed by atoms with Gasteiger partial charge in [-0.2, -0.15) is 0 Å². The average molecular weight is 296 g/mol. The van der Waals surface area contributed by atoms with E-state index >= 15 is 0 Å². The summed E-state index contributed by atoms with van der Waals surface area (Å²) in [5, 5.41) is 10.9. The minimum atomic E-state index is -0.438. The average Bonchev–Trinajstić information content (AvgIpc) is 3.03. The predicted molar refractivity (Wildman–Crippen MR) is 74.8 cm³/mol. The van der Waals surface area contributed by atoms with Crippen molar-refractivity contribution < 1.29 is 14.5 Å². The number of hydrogen-bond donors (Lipinski definition) is 0. The topological polar surface area (TPSA) is 90.5 Å². The van der Waals surface area contributed by atoms with Crippen LogP contribution in [0.3, 0.4) is 0 Å². The van der Waals surface area contributed by atoms with Crippen LogP contribution in [0.5, 0.6) is 0 Å². The summed E-state index contributed by atoms with van der Waals surface area (Å²) in [5.41, 5.74) is 0. The lowest BCUT2D eigenvalue weighted by atomic mass is 10.2. The first kappa shape index (κ1) is 15.4. The van der Waals surface area contributed by atoms with Gasteiger partial charge in [0.2, 0.25) is 0 Å². The number of carbonyl (C=O) groups excluding carboxylic acids is 1. The Balaban J connectivity index is 2.01. The fraction of sp³-hybridized carbons (Fsp3) is 0.692. The van der Waals surface area contributed by atoms with Gasteiger partial charge in [0.1, 0.15) is 18.8 Å². The quantitative estimate of drug-likeness (QED) is 0.444. The van der Waals surface area contributed by atoms with Crippen molar-refractivity contribution in [2.45, 2.75) is 39.3 Å². The molecular formula is C13H20N4O4. The Hall–Kier alpha value is -1.96. The molecule has 2 heterocycles. The van der Waals surface area contributed by atoms with E-state index in [1.807, 2.05) is 4.90 Å². The molecule has 8 heteroatoms. The number of esters is 1. The molecule has 1 aliphatic rings. The normalized spacial score (nSPS) is 18.9. The molecule has 21 heavy (non-hydrogen) atoms. The first-order valence-corrected chi connectivity index (χ1v) is 7.11. The van der Waals surface area contributed by atoms with Crippen molar-refractivity contribution in [3.8, 4) is 0 Å². The van der Waals surface area contributed by atoms with Crippen LogP contribution in [0.15, 0.2) is 6.20 Å². The van der Waals surface area contributed by atoms with Gasteiger partial charge in [-0.25, -0.2) is 9.55 Å². The molecule has 0 bridgehead atoms. The molecule has 0 radical (unpaired) electrons. The lowest BCUT2D eigenvalue weighted by molar-refractivity contribution is -0.392. The highest BCUT2D eigenvalue weighted by molar-refractivity contribution is 5.76. The van der Waals surface area contributed by atoms with Crippen molar-refractivity contribution >= 4 is 11.8 Å². The summed E-state index contributed by atoms with van der Waals surface area (Å²) >= 11 is 0. The van der Waals surface area contributed by atoms with E-state index in [9.17, 15) is 14.9 Å². The van der Waals surface area contributed by atoms with E-state index in [4.69, 9.17) is 4.74 Å². The van der Waals surface area contributed by atoms with Crippen LogP contribution >= 0.6 is 0 Å². The number of nitro groups is 1. The highest BCUT2D eigenvalue weighted by Gasteiger charge is 2.32. The number of ether oxygens (including phenoxy) is 1. The van der Waals surface area contributed by atoms with E-state index in [1.165, 1.54) is 6.20 Å². The SMILES string of the molecule is CCOC(=O)C1CCCN1CCn1c([N+](=O)[O-])cnc1C. The molecule has 1 atom stereocenters. The molecule has 0 aliphatic carbocycles. The summed E-state index contributed by atoms with van der Waals surface area (Å²) in [5.74, 6) is 0.389. The van der Waals surface area contributed by atoms with Gasteiger partial charge in [0.15, 0.2) is 5.82 Å². The Morgan fingerprint density at radius 2 is 2.33 bits per heavy atom. The van der Waals surface area contributed by atoms with Gasteiger partial charge in [0.05, 0.1) is 6.61 Å². The molecule has 1 aromatic heterocycles. The van der Waals surface area contributed by atoms with Gasteiger partial charge in [-0.15, -0.1) is 0 Å². The van der Waals surface area contributed by atoms with E-state index in [-0.39, 0.29) is 17.8 Å². The zero-order chi connectivity index (χ0) is 15.4. The summed E-state index contributed by atoms with van der Waals surface area (Å²) in [4.78, 5) is 28.4. The Kier molecular flexibility index (Phi) is 4.89. The molecule has 1 saturated heterocycles. The van der Waals surface area contributed by atoms with Crippen LogP contribution in [-0.2, 0) is 16.1 Å². The van der Waals surface area contributed by atoms with Crippen molar-refractivity contribution in [2.75, 3.05) is 19.7 Å². The maximum absolute atomic E-state index is 11.9. The summed E-state index contributed by atoms with van der Waals surface area (Å²) in [6, 6.07) is -0.229. The van der Waals surface area contributed by atoms with Crippen molar-refractivity contribution in [1.82, 2.24) is 14.5 Å². The summed E-state index contributed by atoms with van der Waals surface area (Å²) < 4.78 is 6.64. The second-order valence-electron chi connectivity index (χ2n) is 5.02. The Labute approximate surface area is 122 Å². The number of imidazole rings is 1. The Bertz CT molecular complexity index is 528. The fourth-order valence-corrected chi connectivity index (χ4v) is 2.71. The molecule has 1 aliphatic heterocycles. The third kappa shape index (κ3) is 3.38. The molecule has 0 amide bonds. The van der Waals surface area contributed by atoms with Crippen LogP contribution in [0, 0.1) is 17.0 Å². The molecule has 1 unspecified atom stereocenters. The van der Waals surface area contributed by atoms with Crippen LogP contribution in [0.2, 0.25) is 0 Å². The zero-order valence-corrected chi connectivity index (χ0v) is 12.3. The van der Waals surface area contributed by atoms with Gasteiger partial charge in [0, 0.05) is 13.5 Å². The zero-order valence-electron chi connectivity index (χ0n) is 12.3. The number of carbonyl (C=O) groups is 1. The van der Waals surface area contributed by atoms with Gasteiger partial charge < -0.3 is 14.9 Å². The lowest BCUT2D eigenvalue weighted by Crippen LogP contribution is -2.39. The molecule has 2 rings (SSSR count). The van der Waals surface area contributed by atoms with Crippen molar-refractivity contribution in [3.05, 3.63) is 22.1 Å². The first-order chi connectivity index (χ1) is 10.0. The summed E-state index contributed by atoms with van der Waals surface area (Å²) in [7, 11) is 0. The molecular weight excluding hydrogens is 276 g/mol. The second-order valence-corrected chi connectivity index (χ2v) is 5.02.